The highest BCUT2D eigenvalue weighted by atomic mass is 16.7. The molecule has 0 aliphatic carbocycles. The first-order valence-electron chi connectivity index (χ1n) is 5.47. The van der Waals surface area contributed by atoms with Crippen molar-refractivity contribution in [2.24, 2.45) is 0 Å². The Morgan fingerprint density at radius 1 is 1.25 bits per heavy atom. The maximum atomic E-state index is 5.47. The van der Waals surface area contributed by atoms with Gasteiger partial charge in [-0.25, -0.2) is 0 Å². The van der Waals surface area contributed by atoms with Gasteiger partial charge < -0.3 is 4.74 Å². The first-order valence-corrected chi connectivity index (χ1v) is 5.47. The molecule has 0 aromatic heterocycles. The SMILES string of the molecule is COc1ccc(C)cc1CNOC(C)(C)C. The lowest BCUT2D eigenvalue weighted by Crippen LogP contribution is -2.28. The van der Waals surface area contributed by atoms with Crippen LogP contribution in [0.25, 0.3) is 0 Å². The zero-order valence-corrected chi connectivity index (χ0v) is 10.8. The molecular formula is C13H21NO2. The Hall–Kier alpha value is -1.06. The molecular weight excluding hydrogens is 202 g/mol. The Labute approximate surface area is 97.7 Å². The fraction of sp³-hybridized carbons (Fsp3) is 0.538. The Bertz CT molecular complexity index is 342. The summed E-state index contributed by atoms with van der Waals surface area (Å²) in [6.45, 7) is 8.73. The molecule has 0 aliphatic heterocycles. The Balaban J connectivity index is 2.62. The van der Waals surface area contributed by atoms with E-state index in [9.17, 15) is 0 Å². The fourth-order valence-corrected chi connectivity index (χ4v) is 1.38. The van der Waals surface area contributed by atoms with Gasteiger partial charge in [0.25, 0.3) is 0 Å². The van der Waals surface area contributed by atoms with Crippen molar-refractivity contribution in [3.63, 3.8) is 0 Å². The number of hydrogen-bond acceptors (Lipinski definition) is 3. The second-order valence-corrected chi connectivity index (χ2v) is 4.85. The number of nitrogens with one attached hydrogen (secondary N) is 1. The number of hydroxylamine groups is 1. The average Bonchev–Trinajstić information content (AvgIpc) is 2.16. The third-order valence-corrected chi connectivity index (χ3v) is 2.08. The number of hydrogen-bond donors (Lipinski definition) is 1. The van der Waals surface area contributed by atoms with Crippen molar-refractivity contribution in [3.8, 4) is 5.75 Å². The molecule has 3 heteroatoms. The third-order valence-electron chi connectivity index (χ3n) is 2.08. The van der Waals surface area contributed by atoms with Gasteiger partial charge in [-0.1, -0.05) is 17.7 Å². The van der Waals surface area contributed by atoms with Crippen LogP contribution < -0.4 is 10.2 Å². The van der Waals surface area contributed by atoms with Crippen LogP contribution in [0, 0.1) is 6.92 Å². The molecule has 0 fully saturated rings. The van der Waals surface area contributed by atoms with Gasteiger partial charge in [0.05, 0.1) is 12.7 Å². The Morgan fingerprint density at radius 3 is 2.50 bits per heavy atom. The molecule has 0 heterocycles. The van der Waals surface area contributed by atoms with E-state index >= 15 is 0 Å². The summed E-state index contributed by atoms with van der Waals surface area (Å²) < 4.78 is 5.29. The molecule has 0 spiro atoms. The summed E-state index contributed by atoms with van der Waals surface area (Å²) in [4.78, 5) is 5.47. The highest BCUT2D eigenvalue weighted by Gasteiger charge is 2.10. The first kappa shape index (κ1) is 13.0. The molecule has 0 aliphatic rings. The molecule has 1 N–H and O–H groups in total. The quantitative estimate of drug-likeness (QED) is 0.796. The molecule has 0 amide bonds. The molecule has 16 heavy (non-hydrogen) atoms. The highest BCUT2D eigenvalue weighted by molar-refractivity contribution is 5.36. The van der Waals surface area contributed by atoms with Gasteiger partial charge in [0.1, 0.15) is 5.75 Å². The lowest BCUT2D eigenvalue weighted by molar-refractivity contribution is -0.0759. The molecule has 1 aromatic rings. The maximum absolute atomic E-state index is 5.47. The molecule has 0 radical (unpaired) electrons. The van der Waals surface area contributed by atoms with Crippen LogP contribution in [0.4, 0.5) is 0 Å². The van der Waals surface area contributed by atoms with Crippen LogP contribution in [0.1, 0.15) is 31.9 Å². The smallest absolute Gasteiger partial charge is 0.123 e. The number of benzene rings is 1. The molecule has 3 nitrogen and oxygen atoms in total. The van der Waals surface area contributed by atoms with Crippen molar-refractivity contribution in [2.45, 2.75) is 39.8 Å². The molecule has 1 rings (SSSR count). The number of ether oxygens (including phenoxy) is 1. The minimum absolute atomic E-state index is 0.183. The lowest BCUT2D eigenvalue weighted by Gasteiger charge is -2.20. The summed E-state index contributed by atoms with van der Waals surface area (Å²) in [5.41, 5.74) is 5.10. The number of methoxy groups -OCH3 is 1. The van der Waals surface area contributed by atoms with Gasteiger partial charge in [0.15, 0.2) is 0 Å². The Kier molecular flexibility index (Phi) is 4.33. The van der Waals surface area contributed by atoms with Crippen LogP contribution >= 0.6 is 0 Å². The fourth-order valence-electron chi connectivity index (χ4n) is 1.38. The van der Waals surface area contributed by atoms with Gasteiger partial charge in [0, 0.05) is 12.1 Å². The molecule has 0 unspecified atom stereocenters. The number of aryl methyl sites for hydroxylation is 1. The molecule has 0 saturated heterocycles. The largest absolute Gasteiger partial charge is 0.496 e. The van der Waals surface area contributed by atoms with Gasteiger partial charge in [-0.05, 0) is 33.8 Å². The zero-order chi connectivity index (χ0) is 12.2. The third kappa shape index (κ3) is 4.21. The monoisotopic (exact) mass is 223 g/mol. The second-order valence-electron chi connectivity index (χ2n) is 4.85. The van der Waals surface area contributed by atoms with E-state index in [1.165, 1.54) is 5.56 Å². The van der Waals surface area contributed by atoms with E-state index in [1.54, 1.807) is 7.11 Å². The average molecular weight is 223 g/mol. The Morgan fingerprint density at radius 2 is 1.94 bits per heavy atom. The van der Waals surface area contributed by atoms with Crippen molar-refractivity contribution >= 4 is 0 Å². The zero-order valence-electron chi connectivity index (χ0n) is 10.8. The van der Waals surface area contributed by atoms with E-state index in [1.807, 2.05) is 32.9 Å². The second kappa shape index (κ2) is 5.32. The van der Waals surface area contributed by atoms with Crippen LogP contribution in [0.5, 0.6) is 5.75 Å². The molecule has 1 aromatic carbocycles. The lowest BCUT2D eigenvalue weighted by atomic mass is 10.1. The van der Waals surface area contributed by atoms with Gasteiger partial charge in [0.2, 0.25) is 0 Å². The molecule has 90 valence electrons. The van der Waals surface area contributed by atoms with Gasteiger partial charge >= 0.3 is 0 Å². The van der Waals surface area contributed by atoms with Crippen molar-refractivity contribution < 1.29 is 9.57 Å². The molecule has 0 bridgehead atoms. The van der Waals surface area contributed by atoms with Crippen LogP contribution in [0.15, 0.2) is 18.2 Å². The minimum Gasteiger partial charge on any atom is -0.496 e. The summed E-state index contributed by atoms with van der Waals surface area (Å²) in [5, 5.41) is 0. The van der Waals surface area contributed by atoms with Crippen LogP contribution in [-0.2, 0) is 11.4 Å². The van der Waals surface area contributed by atoms with Gasteiger partial charge in [-0.2, -0.15) is 5.48 Å². The predicted octanol–water partition coefficient (Wildman–Crippen LogP) is 2.82. The predicted molar refractivity (Wildman–Crippen MR) is 65.4 cm³/mol. The van der Waals surface area contributed by atoms with Crippen molar-refractivity contribution in [2.75, 3.05) is 7.11 Å². The van der Waals surface area contributed by atoms with Crippen LogP contribution in [-0.4, -0.2) is 12.7 Å². The van der Waals surface area contributed by atoms with E-state index < -0.39 is 0 Å². The van der Waals surface area contributed by atoms with Crippen LogP contribution in [0.3, 0.4) is 0 Å². The van der Waals surface area contributed by atoms with Crippen molar-refractivity contribution in [1.82, 2.24) is 5.48 Å². The summed E-state index contributed by atoms with van der Waals surface area (Å²) in [5.74, 6) is 0.885. The minimum atomic E-state index is -0.183. The summed E-state index contributed by atoms with van der Waals surface area (Å²) in [6.07, 6.45) is 0. The van der Waals surface area contributed by atoms with E-state index in [2.05, 4.69) is 18.5 Å². The highest BCUT2D eigenvalue weighted by Crippen LogP contribution is 2.19. The van der Waals surface area contributed by atoms with Gasteiger partial charge in [-0.3, -0.25) is 4.84 Å². The van der Waals surface area contributed by atoms with E-state index in [-0.39, 0.29) is 5.60 Å². The summed E-state index contributed by atoms with van der Waals surface area (Å²) in [6, 6.07) is 6.11. The number of rotatable bonds is 4. The topological polar surface area (TPSA) is 30.5 Å². The standard InChI is InChI=1S/C13H21NO2/c1-10-6-7-12(15-5)11(8-10)9-14-16-13(2,3)4/h6-8,14H,9H2,1-5H3. The molecule has 0 saturated carbocycles. The molecule has 0 atom stereocenters. The first-order chi connectivity index (χ1) is 7.42. The summed E-state index contributed by atoms with van der Waals surface area (Å²) in [7, 11) is 1.68. The van der Waals surface area contributed by atoms with E-state index in [0.29, 0.717) is 6.54 Å². The van der Waals surface area contributed by atoms with Crippen LogP contribution in [0.2, 0.25) is 0 Å². The van der Waals surface area contributed by atoms with Crippen molar-refractivity contribution in [1.29, 1.82) is 0 Å². The van der Waals surface area contributed by atoms with Crippen molar-refractivity contribution in [3.05, 3.63) is 29.3 Å². The summed E-state index contributed by atoms with van der Waals surface area (Å²) >= 11 is 0. The van der Waals surface area contributed by atoms with Gasteiger partial charge in [-0.15, -0.1) is 0 Å². The van der Waals surface area contributed by atoms with E-state index in [0.717, 1.165) is 11.3 Å². The normalized spacial score (nSPS) is 11.6. The maximum Gasteiger partial charge on any atom is 0.123 e. The van der Waals surface area contributed by atoms with E-state index in [4.69, 9.17) is 9.57 Å².